The highest BCUT2D eigenvalue weighted by Gasteiger charge is 2.21. The summed E-state index contributed by atoms with van der Waals surface area (Å²) in [7, 11) is 2.04. The van der Waals surface area contributed by atoms with Crippen molar-refractivity contribution < 1.29 is 9.59 Å². The molecule has 0 atom stereocenters. The number of likely N-dealkylation sites (N-methyl/N-ethyl adjacent to an activating group) is 1. The van der Waals surface area contributed by atoms with Crippen LogP contribution in [0.25, 0.3) is 32.3 Å². The molecule has 0 radical (unpaired) electrons. The fraction of sp³-hybridized carbons (Fsp3) is 0.231. The number of nitrogens with one attached hydrogen (secondary N) is 1. The van der Waals surface area contributed by atoms with E-state index in [1.807, 2.05) is 25.2 Å². The largest absolute Gasteiger partial charge is 0.340 e. The van der Waals surface area contributed by atoms with Crippen molar-refractivity contribution in [3.8, 4) is 0 Å². The molecule has 1 aliphatic heterocycles. The Balaban J connectivity index is 1.36. The van der Waals surface area contributed by atoms with E-state index in [4.69, 9.17) is 0 Å². The van der Waals surface area contributed by atoms with Gasteiger partial charge in [-0.05, 0) is 51.5 Å². The fourth-order valence-electron chi connectivity index (χ4n) is 4.42. The number of hydrogen-bond acceptors (Lipinski definition) is 3. The van der Waals surface area contributed by atoms with E-state index in [-0.39, 0.29) is 18.2 Å². The van der Waals surface area contributed by atoms with Crippen LogP contribution < -0.4 is 5.32 Å². The number of rotatable bonds is 3. The number of carbonyl (C=O) groups excluding carboxylic acids is 2. The van der Waals surface area contributed by atoms with E-state index in [1.54, 1.807) is 4.90 Å². The maximum atomic E-state index is 12.5. The average molecular weight is 412 g/mol. The van der Waals surface area contributed by atoms with Crippen LogP contribution in [0.4, 0.5) is 5.69 Å². The van der Waals surface area contributed by atoms with Gasteiger partial charge in [-0.1, -0.05) is 54.6 Å². The average Bonchev–Trinajstić information content (AvgIpc) is 2.78. The molecule has 0 bridgehead atoms. The quantitative estimate of drug-likeness (QED) is 0.405. The van der Waals surface area contributed by atoms with Crippen LogP contribution in [0.5, 0.6) is 0 Å². The molecule has 0 saturated carbocycles. The van der Waals surface area contributed by atoms with Gasteiger partial charge < -0.3 is 15.1 Å². The SMILES string of the molecule is CN1CCN(C(=O)CC(=O)Nc2ccc3c(ccc4c5ccccc5ccc34)c2)CC1. The first kappa shape index (κ1) is 19.5. The summed E-state index contributed by atoms with van der Waals surface area (Å²) in [6.45, 7) is 3.06. The monoisotopic (exact) mass is 411 g/mol. The summed E-state index contributed by atoms with van der Waals surface area (Å²) in [4.78, 5) is 28.8. The lowest BCUT2D eigenvalue weighted by molar-refractivity contribution is -0.135. The molecular formula is C26H25N3O2. The van der Waals surface area contributed by atoms with Gasteiger partial charge in [-0.15, -0.1) is 0 Å². The zero-order valence-corrected chi connectivity index (χ0v) is 17.6. The predicted octanol–water partition coefficient (Wildman–Crippen LogP) is 4.25. The summed E-state index contributed by atoms with van der Waals surface area (Å²) < 4.78 is 0. The number of nitrogens with zero attached hydrogens (tertiary/aromatic N) is 2. The predicted molar refractivity (Wildman–Crippen MR) is 126 cm³/mol. The Kier molecular flexibility index (Phi) is 5.04. The smallest absolute Gasteiger partial charge is 0.233 e. The van der Waals surface area contributed by atoms with Gasteiger partial charge in [-0.25, -0.2) is 0 Å². The summed E-state index contributed by atoms with van der Waals surface area (Å²) in [6.07, 6.45) is -0.120. The lowest BCUT2D eigenvalue weighted by atomic mass is 9.97. The summed E-state index contributed by atoms with van der Waals surface area (Å²) in [5.41, 5.74) is 0.712. The van der Waals surface area contributed by atoms with E-state index >= 15 is 0 Å². The zero-order chi connectivity index (χ0) is 21.4. The van der Waals surface area contributed by atoms with Crippen molar-refractivity contribution in [2.75, 3.05) is 38.5 Å². The molecule has 5 nitrogen and oxygen atoms in total. The van der Waals surface area contributed by atoms with E-state index in [2.05, 4.69) is 58.7 Å². The molecule has 0 aliphatic carbocycles. The number of amides is 2. The first-order valence-corrected chi connectivity index (χ1v) is 10.7. The van der Waals surface area contributed by atoms with Crippen LogP contribution >= 0.6 is 0 Å². The molecule has 1 N–H and O–H groups in total. The summed E-state index contributed by atoms with van der Waals surface area (Å²) >= 11 is 0. The van der Waals surface area contributed by atoms with Gasteiger partial charge in [0.15, 0.2) is 0 Å². The lowest BCUT2D eigenvalue weighted by Gasteiger charge is -2.32. The molecule has 31 heavy (non-hydrogen) atoms. The van der Waals surface area contributed by atoms with E-state index in [0.29, 0.717) is 18.8 Å². The second kappa shape index (κ2) is 8.00. The Bertz CT molecular complexity index is 1310. The summed E-state index contributed by atoms with van der Waals surface area (Å²) in [5, 5.41) is 9.98. The zero-order valence-electron chi connectivity index (χ0n) is 17.6. The van der Waals surface area contributed by atoms with Crippen molar-refractivity contribution in [3.05, 3.63) is 66.7 Å². The van der Waals surface area contributed by atoms with Crippen LogP contribution in [-0.2, 0) is 9.59 Å². The molecule has 0 spiro atoms. The number of benzene rings is 4. The van der Waals surface area contributed by atoms with Crippen LogP contribution in [-0.4, -0.2) is 54.8 Å². The second-order valence-corrected chi connectivity index (χ2v) is 8.29. The van der Waals surface area contributed by atoms with E-state index in [0.717, 1.165) is 23.9 Å². The molecule has 1 heterocycles. The highest BCUT2D eigenvalue weighted by molar-refractivity contribution is 6.17. The first-order valence-electron chi connectivity index (χ1n) is 10.7. The normalized spacial score (nSPS) is 14.9. The molecule has 0 unspecified atom stereocenters. The molecule has 1 aliphatic rings. The number of fused-ring (bicyclic) bond motifs is 5. The van der Waals surface area contributed by atoms with Gasteiger partial charge in [0, 0.05) is 31.9 Å². The van der Waals surface area contributed by atoms with Crippen molar-refractivity contribution in [3.63, 3.8) is 0 Å². The molecule has 156 valence electrons. The van der Waals surface area contributed by atoms with Crippen molar-refractivity contribution in [1.29, 1.82) is 0 Å². The van der Waals surface area contributed by atoms with Gasteiger partial charge in [0.2, 0.25) is 11.8 Å². The van der Waals surface area contributed by atoms with Crippen LogP contribution in [0, 0.1) is 0 Å². The molecule has 2 amide bonds. The molecule has 1 saturated heterocycles. The van der Waals surface area contributed by atoms with Crippen molar-refractivity contribution in [1.82, 2.24) is 9.80 Å². The Hall–Kier alpha value is -3.44. The van der Waals surface area contributed by atoms with Crippen LogP contribution in [0.2, 0.25) is 0 Å². The maximum absolute atomic E-state index is 12.5. The van der Waals surface area contributed by atoms with Crippen LogP contribution in [0.3, 0.4) is 0 Å². The molecule has 5 heteroatoms. The minimum Gasteiger partial charge on any atom is -0.340 e. The van der Waals surface area contributed by atoms with E-state index in [9.17, 15) is 9.59 Å². The topological polar surface area (TPSA) is 52.7 Å². The Morgan fingerprint density at radius 1 is 0.774 bits per heavy atom. The highest BCUT2D eigenvalue weighted by Crippen LogP contribution is 2.32. The van der Waals surface area contributed by atoms with Crippen molar-refractivity contribution in [2.45, 2.75) is 6.42 Å². The van der Waals surface area contributed by atoms with Gasteiger partial charge in [-0.2, -0.15) is 0 Å². The van der Waals surface area contributed by atoms with Crippen LogP contribution in [0.1, 0.15) is 6.42 Å². The molecule has 4 aromatic rings. The standard InChI is InChI=1S/C26H25N3O2/c1-28-12-14-29(15-13-28)26(31)17-25(30)27-20-8-11-22-19(16-20)7-10-23-21-5-3-2-4-18(21)6-9-24(22)23/h2-11,16H,12-15,17H2,1H3,(H,27,30). The Morgan fingerprint density at radius 2 is 1.42 bits per heavy atom. The Morgan fingerprint density at radius 3 is 2.19 bits per heavy atom. The number of carbonyl (C=O) groups is 2. The third kappa shape index (κ3) is 3.84. The fourth-order valence-corrected chi connectivity index (χ4v) is 4.42. The van der Waals surface area contributed by atoms with Gasteiger partial charge in [0.25, 0.3) is 0 Å². The second-order valence-electron chi connectivity index (χ2n) is 8.29. The van der Waals surface area contributed by atoms with Gasteiger partial charge in [-0.3, -0.25) is 9.59 Å². The highest BCUT2D eigenvalue weighted by atomic mass is 16.2. The lowest BCUT2D eigenvalue weighted by Crippen LogP contribution is -2.47. The third-order valence-corrected chi connectivity index (χ3v) is 6.19. The summed E-state index contributed by atoms with van der Waals surface area (Å²) in [6, 6.07) is 22.9. The molecule has 0 aromatic heterocycles. The van der Waals surface area contributed by atoms with Crippen molar-refractivity contribution in [2.24, 2.45) is 0 Å². The minimum absolute atomic E-state index is 0.107. The van der Waals surface area contributed by atoms with Gasteiger partial charge in [0.05, 0.1) is 0 Å². The minimum atomic E-state index is -0.268. The number of anilines is 1. The third-order valence-electron chi connectivity index (χ3n) is 6.19. The molecular weight excluding hydrogens is 386 g/mol. The molecule has 5 rings (SSSR count). The Labute approximate surface area is 181 Å². The van der Waals surface area contributed by atoms with Gasteiger partial charge in [0.1, 0.15) is 6.42 Å². The van der Waals surface area contributed by atoms with E-state index < -0.39 is 0 Å². The van der Waals surface area contributed by atoms with E-state index in [1.165, 1.54) is 21.5 Å². The van der Waals surface area contributed by atoms with Crippen LogP contribution in [0.15, 0.2) is 66.7 Å². The summed E-state index contributed by atoms with van der Waals surface area (Å²) in [5.74, 6) is -0.376. The molecule has 4 aromatic carbocycles. The number of piperazine rings is 1. The van der Waals surface area contributed by atoms with Gasteiger partial charge >= 0.3 is 0 Å². The maximum Gasteiger partial charge on any atom is 0.233 e. The number of hydrogen-bond donors (Lipinski definition) is 1. The van der Waals surface area contributed by atoms with Crippen molar-refractivity contribution >= 4 is 49.8 Å². The molecule has 1 fully saturated rings. The first-order chi connectivity index (χ1) is 15.1.